The highest BCUT2D eigenvalue weighted by Crippen LogP contribution is 2.14. The van der Waals surface area contributed by atoms with Crippen molar-refractivity contribution in [2.75, 3.05) is 5.32 Å². The minimum Gasteiger partial charge on any atom is -0.322 e. The first kappa shape index (κ1) is 13.0. The Bertz CT molecular complexity index is 757. The maximum absolute atomic E-state index is 12.2. The molecular weight excluding hydrogens is 268 g/mol. The highest BCUT2D eigenvalue weighted by molar-refractivity contribution is 6.04. The molecular formula is C14H14N6O. The number of rotatable bonds is 3. The van der Waals surface area contributed by atoms with Gasteiger partial charge < -0.3 is 5.32 Å². The number of nitrogens with zero attached hydrogens (tertiary/aromatic N) is 5. The largest absolute Gasteiger partial charge is 0.322 e. The molecule has 3 aromatic rings. The highest BCUT2D eigenvalue weighted by Gasteiger charge is 2.12. The molecule has 7 nitrogen and oxygen atoms in total. The van der Waals surface area contributed by atoms with Crippen LogP contribution in [0.4, 0.5) is 5.69 Å². The van der Waals surface area contributed by atoms with Gasteiger partial charge in [0.05, 0.1) is 17.4 Å². The molecule has 0 bridgehead atoms. The van der Waals surface area contributed by atoms with Gasteiger partial charge >= 0.3 is 0 Å². The summed E-state index contributed by atoms with van der Waals surface area (Å²) in [5.41, 5.74) is 2.99. The van der Waals surface area contributed by atoms with Crippen molar-refractivity contribution in [1.82, 2.24) is 24.5 Å². The minimum absolute atomic E-state index is 0.172. The zero-order chi connectivity index (χ0) is 14.8. The third-order valence-electron chi connectivity index (χ3n) is 3.29. The van der Waals surface area contributed by atoms with Gasteiger partial charge in [-0.1, -0.05) is 0 Å². The summed E-state index contributed by atoms with van der Waals surface area (Å²) in [5.74, 6) is -0.172. The van der Waals surface area contributed by atoms with Crippen LogP contribution >= 0.6 is 0 Å². The number of anilines is 1. The fraction of sp³-hybridized carbons (Fsp3) is 0.143. The lowest BCUT2D eigenvalue weighted by Gasteiger charge is -2.06. The van der Waals surface area contributed by atoms with Crippen molar-refractivity contribution in [1.29, 1.82) is 0 Å². The van der Waals surface area contributed by atoms with Gasteiger partial charge in [0.2, 0.25) is 0 Å². The summed E-state index contributed by atoms with van der Waals surface area (Å²) in [4.78, 5) is 16.1. The molecule has 1 N–H and O–H groups in total. The Hall–Kier alpha value is -2.96. The normalized spacial score (nSPS) is 10.6. The lowest BCUT2D eigenvalue weighted by molar-refractivity contribution is 0.102. The maximum Gasteiger partial charge on any atom is 0.259 e. The quantitative estimate of drug-likeness (QED) is 0.791. The molecule has 106 valence electrons. The fourth-order valence-electron chi connectivity index (χ4n) is 1.96. The summed E-state index contributed by atoms with van der Waals surface area (Å²) >= 11 is 0. The van der Waals surface area contributed by atoms with Crippen LogP contribution in [0.3, 0.4) is 0 Å². The van der Waals surface area contributed by atoms with Crippen LogP contribution in [-0.2, 0) is 7.05 Å². The molecule has 0 saturated heterocycles. The Morgan fingerprint density at radius 3 is 2.52 bits per heavy atom. The van der Waals surface area contributed by atoms with Crippen LogP contribution < -0.4 is 5.32 Å². The smallest absolute Gasteiger partial charge is 0.259 e. The molecule has 1 aromatic carbocycles. The number of benzene rings is 1. The van der Waals surface area contributed by atoms with Gasteiger partial charge in [-0.15, -0.1) is 0 Å². The Kier molecular flexibility index (Phi) is 3.23. The number of hydrogen-bond donors (Lipinski definition) is 1. The topological polar surface area (TPSA) is 77.6 Å². The third kappa shape index (κ3) is 2.53. The predicted octanol–water partition coefficient (Wildman–Crippen LogP) is 1.56. The van der Waals surface area contributed by atoms with Crippen LogP contribution in [0, 0.1) is 6.92 Å². The number of aromatic nitrogens is 5. The summed E-state index contributed by atoms with van der Waals surface area (Å²) in [6, 6.07) is 7.36. The zero-order valence-electron chi connectivity index (χ0n) is 11.7. The number of amides is 1. The SMILES string of the molecule is Cc1c(C(=O)Nc2ccc(-n3cncn3)cc2)cnn1C. The molecule has 0 fully saturated rings. The van der Waals surface area contributed by atoms with E-state index in [2.05, 4.69) is 20.5 Å². The molecule has 0 spiro atoms. The average molecular weight is 282 g/mol. The van der Waals surface area contributed by atoms with Crippen molar-refractivity contribution in [3.05, 3.63) is 54.4 Å². The molecule has 2 aromatic heterocycles. The first-order chi connectivity index (χ1) is 10.1. The van der Waals surface area contributed by atoms with Crippen molar-refractivity contribution in [3.8, 4) is 5.69 Å². The van der Waals surface area contributed by atoms with E-state index >= 15 is 0 Å². The summed E-state index contributed by atoms with van der Waals surface area (Å²) < 4.78 is 3.32. The number of aryl methyl sites for hydroxylation is 1. The van der Waals surface area contributed by atoms with Crippen molar-refractivity contribution in [2.45, 2.75) is 6.92 Å². The van der Waals surface area contributed by atoms with E-state index < -0.39 is 0 Å². The van der Waals surface area contributed by atoms with Crippen molar-refractivity contribution in [3.63, 3.8) is 0 Å². The molecule has 3 rings (SSSR count). The van der Waals surface area contributed by atoms with Crippen molar-refractivity contribution >= 4 is 11.6 Å². The molecule has 0 atom stereocenters. The van der Waals surface area contributed by atoms with Gasteiger partial charge in [0.1, 0.15) is 12.7 Å². The van der Waals surface area contributed by atoms with Crippen LogP contribution in [0.2, 0.25) is 0 Å². The predicted molar refractivity (Wildman–Crippen MR) is 77.3 cm³/mol. The van der Waals surface area contributed by atoms with Gasteiger partial charge in [-0.3, -0.25) is 9.48 Å². The molecule has 0 saturated carbocycles. The lowest BCUT2D eigenvalue weighted by Crippen LogP contribution is -2.13. The van der Waals surface area contributed by atoms with E-state index in [-0.39, 0.29) is 5.91 Å². The Balaban J connectivity index is 1.76. The lowest BCUT2D eigenvalue weighted by atomic mass is 10.2. The van der Waals surface area contributed by atoms with Crippen LogP contribution in [-0.4, -0.2) is 30.5 Å². The average Bonchev–Trinajstić information content (AvgIpc) is 3.11. The molecule has 21 heavy (non-hydrogen) atoms. The number of nitrogens with one attached hydrogen (secondary N) is 1. The zero-order valence-corrected chi connectivity index (χ0v) is 11.7. The first-order valence-electron chi connectivity index (χ1n) is 6.40. The van der Waals surface area contributed by atoms with Crippen LogP contribution in [0.5, 0.6) is 0 Å². The highest BCUT2D eigenvalue weighted by atomic mass is 16.1. The van der Waals surface area contributed by atoms with Crippen LogP contribution in [0.25, 0.3) is 5.69 Å². The standard InChI is InChI=1S/C14H14N6O/c1-10-13(7-16-19(10)2)14(21)18-11-3-5-12(6-4-11)20-9-15-8-17-20/h3-9H,1-2H3,(H,18,21). The molecule has 1 amide bonds. The summed E-state index contributed by atoms with van der Waals surface area (Å²) in [5, 5.41) is 11.0. The van der Waals surface area contributed by atoms with Gasteiger partial charge in [0, 0.05) is 18.4 Å². The fourth-order valence-corrected chi connectivity index (χ4v) is 1.96. The van der Waals surface area contributed by atoms with Crippen molar-refractivity contribution in [2.24, 2.45) is 7.05 Å². The van der Waals surface area contributed by atoms with E-state index in [1.54, 1.807) is 28.9 Å². The maximum atomic E-state index is 12.2. The van der Waals surface area contributed by atoms with E-state index in [1.165, 1.54) is 6.33 Å². The molecule has 2 heterocycles. The van der Waals surface area contributed by atoms with Crippen molar-refractivity contribution < 1.29 is 4.79 Å². The van der Waals surface area contributed by atoms with E-state index in [4.69, 9.17) is 0 Å². The molecule has 0 aliphatic rings. The number of carbonyl (C=O) groups excluding carboxylic acids is 1. The van der Waals surface area contributed by atoms with Gasteiger partial charge in [-0.25, -0.2) is 9.67 Å². The number of hydrogen-bond acceptors (Lipinski definition) is 4. The second-order valence-corrected chi connectivity index (χ2v) is 4.61. The second kappa shape index (κ2) is 5.20. The van der Waals surface area contributed by atoms with E-state index in [9.17, 15) is 4.79 Å². The van der Waals surface area contributed by atoms with Gasteiger partial charge in [-0.05, 0) is 31.2 Å². The Morgan fingerprint density at radius 2 is 1.95 bits per heavy atom. The number of carbonyl (C=O) groups is 1. The Labute approximate surface area is 121 Å². The van der Waals surface area contributed by atoms with Crippen LogP contribution in [0.1, 0.15) is 16.1 Å². The van der Waals surface area contributed by atoms with Gasteiger partial charge in [0.15, 0.2) is 0 Å². The molecule has 0 unspecified atom stereocenters. The third-order valence-corrected chi connectivity index (χ3v) is 3.29. The summed E-state index contributed by atoms with van der Waals surface area (Å²) in [7, 11) is 1.80. The molecule has 0 radical (unpaired) electrons. The van der Waals surface area contributed by atoms with E-state index in [0.29, 0.717) is 11.3 Å². The van der Waals surface area contributed by atoms with Crippen LogP contribution in [0.15, 0.2) is 43.1 Å². The molecule has 0 aliphatic heterocycles. The molecule has 7 heteroatoms. The summed E-state index contributed by atoms with van der Waals surface area (Å²) in [6.07, 6.45) is 4.65. The summed E-state index contributed by atoms with van der Waals surface area (Å²) in [6.45, 7) is 1.86. The molecule has 0 aliphatic carbocycles. The van der Waals surface area contributed by atoms with Gasteiger partial charge in [0.25, 0.3) is 5.91 Å². The second-order valence-electron chi connectivity index (χ2n) is 4.61. The Morgan fingerprint density at radius 1 is 1.19 bits per heavy atom. The van der Waals surface area contributed by atoms with Gasteiger partial charge in [-0.2, -0.15) is 10.2 Å². The van der Waals surface area contributed by atoms with E-state index in [0.717, 1.165) is 11.4 Å². The first-order valence-corrected chi connectivity index (χ1v) is 6.40. The monoisotopic (exact) mass is 282 g/mol. The minimum atomic E-state index is -0.172. The van der Waals surface area contributed by atoms with E-state index in [1.807, 2.05) is 31.2 Å².